The fourth-order valence-electron chi connectivity index (χ4n) is 8.70. The summed E-state index contributed by atoms with van der Waals surface area (Å²) in [6.45, 7) is 4.92. The van der Waals surface area contributed by atoms with Crippen LogP contribution in [0.5, 0.6) is 0 Å². The summed E-state index contributed by atoms with van der Waals surface area (Å²) in [7, 11) is 0. The largest absolute Gasteiger partial charge is 0.466 e. The number of aliphatic hydroxyl groups excluding tert-OH is 2. The molecule has 0 aromatic carbocycles. The number of nitrogens with one attached hydrogen (secondary N) is 1. The van der Waals surface area contributed by atoms with Gasteiger partial charge in [-0.3, -0.25) is 9.59 Å². The van der Waals surface area contributed by atoms with Crippen LogP contribution in [0.2, 0.25) is 0 Å². The van der Waals surface area contributed by atoms with E-state index in [0.717, 1.165) is 57.8 Å². The molecule has 0 saturated heterocycles. The Hall–Kier alpha value is -1.14. The molecule has 0 aliphatic rings. The first-order valence-corrected chi connectivity index (χ1v) is 27.3. The van der Waals surface area contributed by atoms with E-state index in [-0.39, 0.29) is 18.5 Å². The van der Waals surface area contributed by atoms with Crippen molar-refractivity contribution in [2.75, 3.05) is 13.2 Å². The molecule has 0 aromatic heterocycles. The summed E-state index contributed by atoms with van der Waals surface area (Å²) < 4.78 is 5.46. The average Bonchev–Trinajstić information content (AvgIpc) is 3.25. The number of carbonyl (C=O) groups is 2. The first kappa shape index (κ1) is 58.9. The van der Waals surface area contributed by atoms with Gasteiger partial charge in [-0.25, -0.2) is 0 Å². The molecule has 2 unspecified atom stereocenters. The van der Waals surface area contributed by atoms with Crippen molar-refractivity contribution in [3.05, 3.63) is 0 Å². The van der Waals surface area contributed by atoms with Gasteiger partial charge in [0.05, 0.1) is 25.4 Å². The van der Waals surface area contributed by atoms with Crippen LogP contribution in [-0.4, -0.2) is 47.4 Å². The third kappa shape index (κ3) is 46.4. The van der Waals surface area contributed by atoms with E-state index in [0.29, 0.717) is 25.9 Å². The number of hydrogen-bond acceptors (Lipinski definition) is 5. The highest BCUT2D eigenvalue weighted by atomic mass is 16.5. The van der Waals surface area contributed by atoms with E-state index in [1.807, 2.05) is 0 Å². The Balaban J connectivity index is 3.46. The second kappa shape index (κ2) is 50.5. The Labute approximate surface area is 375 Å². The van der Waals surface area contributed by atoms with E-state index in [1.165, 1.54) is 218 Å². The van der Waals surface area contributed by atoms with E-state index in [9.17, 15) is 19.8 Å². The smallest absolute Gasteiger partial charge is 0.305 e. The van der Waals surface area contributed by atoms with Crippen LogP contribution in [-0.2, 0) is 14.3 Å². The van der Waals surface area contributed by atoms with Crippen molar-refractivity contribution in [1.29, 1.82) is 0 Å². The summed E-state index contributed by atoms with van der Waals surface area (Å²) in [6, 6.07) is -0.560. The molecule has 2 atom stereocenters. The Morgan fingerprint density at radius 1 is 0.400 bits per heavy atom. The van der Waals surface area contributed by atoms with Gasteiger partial charge in [-0.05, 0) is 25.7 Å². The normalized spacial score (nSPS) is 12.5. The molecule has 0 heterocycles. The van der Waals surface area contributed by atoms with Gasteiger partial charge in [0.1, 0.15) is 0 Å². The van der Waals surface area contributed by atoms with E-state index < -0.39 is 12.1 Å². The van der Waals surface area contributed by atoms with Crippen LogP contribution in [0.3, 0.4) is 0 Å². The lowest BCUT2D eigenvalue weighted by atomic mass is 10.0. The third-order valence-corrected chi connectivity index (χ3v) is 12.9. The molecule has 6 heteroatoms. The molecule has 0 aromatic rings. The second-order valence-corrected chi connectivity index (χ2v) is 18.9. The summed E-state index contributed by atoms with van der Waals surface area (Å²) in [4.78, 5) is 24.5. The summed E-state index contributed by atoms with van der Waals surface area (Å²) >= 11 is 0. The summed E-state index contributed by atoms with van der Waals surface area (Å²) in [5.41, 5.74) is 0. The fraction of sp³-hybridized carbons (Fsp3) is 0.963. The number of carbonyl (C=O) groups excluding carboxylic acids is 2. The molecule has 0 fully saturated rings. The van der Waals surface area contributed by atoms with E-state index >= 15 is 0 Å². The predicted octanol–water partition coefficient (Wildman–Crippen LogP) is 16.4. The number of ether oxygens (including phenoxy) is 1. The maximum atomic E-state index is 12.5. The van der Waals surface area contributed by atoms with Gasteiger partial charge in [-0.2, -0.15) is 0 Å². The van der Waals surface area contributed by atoms with Crippen LogP contribution >= 0.6 is 0 Å². The van der Waals surface area contributed by atoms with Gasteiger partial charge in [0.25, 0.3) is 0 Å². The minimum Gasteiger partial charge on any atom is -0.466 e. The maximum Gasteiger partial charge on any atom is 0.305 e. The number of amides is 1. The van der Waals surface area contributed by atoms with Crippen molar-refractivity contribution < 1.29 is 24.5 Å². The number of rotatable bonds is 51. The Morgan fingerprint density at radius 2 is 0.683 bits per heavy atom. The fourth-order valence-corrected chi connectivity index (χ4v) is 8.70. The average molecular weight is 850 g/mol. The molecule has 0 aliphatic heterocycles. The van der Waals surface area contributed by atoms with Crippen LogP contribution in [0.1, 0.15) is 309 Å². The molecule has 0 spiro atoms. The lowest BCUT2D eigenvalue weighted by Crippen LogP contribution is -2.45. The number of esters is 1. The molecule has 0 saturated carbocycles. The van der Waals surface area contributed by atoms with Crippen LogP contribution in [0, 0.1) is 0 Å². The van der Waals surface area contributed by atoms with Crippen molar-refractivity contribution in [3.8, 4) is 0 Å². The summed E-state index contributed by atoms with van der Waals surface area (Å²) in [6.07, 6.45) is 56.5. The highest BCUT2D eigenvalue weighted by Gasteiger charge is 2.20. The van der Waals surface area contributed by atoms with Crippen molar-refractivity contribution in [2.45, 2.75) is 321 Å². The van der Waals surface area contributed by atoms with Crippen molar-refractivity contribution in [2.24, 2.45) is 0 Å². The first-order valence-electron chi connectivity index (χ1n) is 27.3. The molecule has 0 rings (SSSR count). The lowest BCUT2D eigenvalue weighted by Gasteiger charge is -2.22. The third-order valence-electron chi connectivity index (χ3n) is 12.9. The van der Waals surface area contributed by atoms with Gasteiger partial charge >= 0.3 is 5.97 Å². The molecule has 0 aliphatic carbocycles. The van der Waals surface area contributed by atoms with E-state index in [1.54, 1.807) is 0 Å². The molecule has 60 heavy (non-hydrogen) atoms. The molecule has 0 bridgehead atoms. The van der Waals surface area contributed by atoms with Crippen LogP contribution in [0.4, 0.5) is 0 Å². The minimum absolute atomic E-state index is 0.0214. The monoisotopic (exact) mass is 850 g/mol. The Bertz CT molecular complexity index is 852. The van der Waals surface area contributed by atoms with Crippen molar-refractivity contribution in [3.63, 3.8) is 0 Å². The standard InChI is InChI=1S/C54H107NO5/c1-3-5-7-9-11-13-15-17-19-20-21-22-23-24-25-27-30-34-38-42-46-52(57)51(50-56)55-53(58)47-43-39-35-31-29-33-37-41-45-49-60-54(59)48-44-40-36-32-28-26-18-16-14-12-10-8-6-4-2/h51-52,56-57H,3-50H2,1-2H3,(H,55,58). The molecule has 3 N–H and O–H groups in total. The zero-order valence-electron chi connectivity index (χ0n) is 40.7. The topological polar surface area (TPSA) is 95.9 Å². The first-order chi connectivity index (χ1) is 29.5. The Morgan fingerprint density at radius 3 is 1.02 bits per heavy atom. The lowest BCUT2D eigenvalue weighted by molar-refractivity contribution is -0.143. The van der Waals surface area contributed by atoms with Crippen LogP contribution in [0.15, 0.2) is 0 Å². The number of hydrogen-bond donors (Lipinski definition) is 3. The van der Waals surface area contributed by atoms with Gasteiger partial charge in [-0.1, -0.05) is 271 Å². The summed E-state index contributed by atoms with van der Waals surface area (Å²) in [5.74, 6) is -0.0799. The zero-order valence-corrected chi connectivity index (χ0v) is 40.7. The highest BCUT2D eigenvalue weighted by molar-refractivity contribution is 5.76. The SMILES string of the molecule is CCCCCCCCCCCCCCCCCCCCCCC(O)C(CO)NC(=O)CCCCCCCCCCCOC(=O)CCCCCCCCCCCCCCCC. The summed E-state index contributed by atoms with van der Waals surface area (Å²) in [5, 5.41) is 23.3. The molecule has 1 amide bonds. The van der Waals surface area contributed by atoms with E-state index in [2.05, 4.69) is 19.2 Å². The molecule has 0 radical (unpaired) electrons. The van der Waals surface area contributed by atoms with Gasteiger partial charge < -0.3 is 20.3 Å². The number of aliphatic hydroxyl groups is 2. The zero-order chi connectivity index (χ0) is 43.7. The maximum absolute atomic E-state index is 12.5. The van der Waals surface area contributed by atoms with Crippen LogP contribution in [0.25, 0.3) is 0 Å². The van der Waals surface area contributed by atoms with Gasteiger partial charge in [0.15, 0.2) is 0 Å². The second-order valence-electron chi connectivity index (χ2n) is 18.9. The van der Waals surface area contributed by atoms with Gasteiger partial charge in [0, 0.05) is 12.8 Å². The van der Waals surface area contributed by atoms with Gasteiger partial charge in [0.2, 0.25) is 5.91 Å². The Kier molecular flexibility index (Phi) is 49.5. The quantitative estimate of drug-likeness (QED) is 0.0418. The minimum atomic E-state index is -0.680. The number of unbranched alkanes of at least 4 members (excludes halogenated alkanes) is 40. The molecular weight excluding hydrogens is 743 g/mol. The van der Waals surface area contributed by atoms with Crippen molar-refractivity contribution >= 4 is 11.9 Å². The highest BCUT2D eigenvalue weighted by Crippen LogP contribution is 2.17. The van der Waals surface area contributed by atoms with Crippen LogP contribution < -0.4 is 5.32 Å². The molecular formula is C54H107NO5. The van der Waals surface area contributed by atoms with Gasteiger partial charge in [-0.15, -0.1) is 0 Å². The predicted molar refractivity (Wildman–Crippen MR) is 260 cm³/mol. The van der Waals surface area contributed by atoms with E-state index in [4.69, 9.17) is 4.74 Å². The molecule has 358 valence electrons. The molecule has 6 nitrogen and oxygen atoms in total. The van der Waals surface area contributed by atoms with Crippen molar-refractivity contribution in [1.82, 2.24) is 5.32 Å².